The molecule has 1 spiro atoms. The van der Waals surface area contributed by atoms with Crippen molar-refractivity contribution >= 4 is 35.7 Å². The summed E-state index contributed by atoms with van der Waals surface area (Å²) in [5, 5.41) is 14.8. The molecule has 5 rings (SSSR count). The number of ether oxygens (including phenoxy) is 1. The lowest BCUT2D eigenvalue weighted by Gasteiger charge is -2.36. The molecule has 248 valence electrons. The topological polar surface area (TPSA) is 94.5 Å². The zero-order chi connectivity index (χ0) is 33.3. The fraction of sp³-hybridized carbons (Fsp3) is 0.469. The summed E-state index contributed by atoms with van der Waals surface area (Å²) in [5.74, 6) is -1.80. The van der Waals surface area contributed by atoms with E-state index in [-0.39, 0.29) is 36.1 Å². The molecule has 0 aromatic heterocycles. The van der Waals surface area contributed by atoms with E-state index in [1.165, 1.54) is 18.0 Å². The molecular weight excluding hydrogens is 631 g/mol. The van der Waals surface area contributed by atoms with Crippen molar-refractivity contribution in [2.75, 3.05) is 39.5 Å². The van der Waals surface area contributed by atoms with Crippen molar-refractivity contribution < 1.29 is 41.4 Å². The van der Waals surface area contributed by atoms with E-state index in [0.29, 0.717) is 44.6 Å². The Morgan fingerprint density at radius 1 is 1.09 bits per heavy atom. The van der Waals surface area contributed by atoms with Crippen LogP contribution in [0.5, 0.6) is 5.75 Å². The van der Waals surface area contributed by atoms with Crippen LogP contribution in [0.15, 0.2) is 40.7 Å². The summed E-state index contributed by atoms with van der Waals surface area (Å²) in [4.78, 5) is 32.3. The number of benzene rings is 2. The lowest BCUT2D eigenvalue weighted by atomic mass is 9.89. The van der Waals surface area contributed by atoms with Gasteiger partial charge in [0.05, 0.1) is 5.60 Å². The number of aryl methyl sites for hydroxylation is 2. The molecule has 3 aliphatic heterocycles. The van der Waals surface area contributed by atoms with Crippen molar-refractivity contribution in [1.29, 1.82) is 0 Å². The van der Waals surface area contributed by atoms with Crippen LogP contribution in [-0.4, -0.2) is 88.7 Å². The number of alkyl halides is 4. The van der Waals surface area contributed by atoms with Crippen molar-refractivity contribution in [3.8, 4) is 5.75 Å². The molecule has 14 heteroatoms. The first-order chi connectivity index (χ1) is 21.7. The largest absolute Gasteiger partial charge is 0.481 e. The Morgan fingerprint density at radius 2 is 1.74 bits per heavy atom. The molecule has 0 radical (unpaired) electrons. The number of hydrogen-bond acceptors (Lipinski definition) is 7. The molecule has 3 heterocycles. The van der Waals surface area contributed by atoms with Crippen molar-refractivity contribution in [3.63, 3.8) is 0 Å². The predicted molar refractivity (Wildman–Crippen MR) is 165 cm³/mol. The van der Waals surface area contributed by atoms with E-state index in [1.54, 1.807) is 4.90 Å². The first kappa shape index (κ1) is 33.9. The second kappa shape index (κ2) is 13.3. The van der Waals surface area contributed by atoms with Gasteiger partial charge in [-0.05, 0) is 98.0 Å². The maximum Gasteiger partial charge on any atom is 0.422 e. The Bertz CT molecular complexity index is 1520. The molecule has 0 aliphatic carbocycles. The standard InChI is InChI=1S/C32H35F5N4O4S/c1-20-15-23(28(42)40-10-6-30(44,18-33)7-11-40)16-21(2)24(20)5-14-46-41-12-8-31(9-13-41)29(43)38-27(39-31)22-3-4-26(25(34)17-22)45-19-32(35,36)37/h3-5,14-17,44H,6-13,18-19H2,1-2H3,(H,38,39,43)/b14-5+. The molecule has 2 saturated heterocycles. The van der Waals surface area contributed by atoms with Gasteiger partial charge in [-0.2, -0.15) is 13.2 Å². The molecular formula is C32H35F5N4O4S. The average Bonchev–Trinajstić information content (AvgIpc) is 3.33. The van der Waals surface area contributed by atoms with Gasteiger partial charge >= 0.3 is 6.18 Å². The first-order valence-corrected chi connectivity index (χ1v) is 15.7. The summed E-state index contributed by atoms with van der Waals surface area (Å²) in [6.45, 7) is 3.14. The van der Waals surface area contributed by atoms with E-state index in [1.807, 2.05) is 37.5 Å². The number of amides is 2. The average molecular weight is 667 g/mol. The van der Waals surface area contributed by atoms with E-state index in [4.69, 9.17) is 0 Å². The summed E-state index contributed by atoms with van der Waals surface area (Å²) >= 11 is 1.49. The Hall–Kier alpha value is -3.49. The number of nitrogens with zero attached hydrogens (tertiary/aromatic N) is 3. The molecule has 8 nitrogen and oxygen atoms in total. The van der Waals surface area contributed by atoms with Gasteiger partial charge in [-0.3, -0.25) is 14.6 Å². The maximum absolute atomic E-state index is 14.4. The zero-order valence-corrected chi connectivity index (χ0v) is 26.2. The quantitative estimate of drug-likeness (QED) is 0.292. The second-order valence-corrected chi connectivity index (χ2v) is 13.0. The van der Waals surface area contributed by atoms with Crippen molar-refractivity contribution in [1.82, 2.24) is 14.5 Å². The molecule has 2 amide bonds. The monoisotopic (exact) mass is 666 g/mol. The Morgan fingerprint density at radius 3 is 2.33 bits per heavy atom. The first-order valence-electron chi connectivity index (χ1n) is 14.9. The van der Waals surface area contributed by atoms with Gasteiger partial charge in [0.25, 0.3) is 11.8 Å². The van der Waals surface area contributed by atoms with Crippen LogP contribution < -0.4 is 10.1 Å². The third-order valence-electron chi connectivity index (χ3n) is 8.64. The highest BCUT2D eigenvalue weighted by atomic mass is 32.2. The minimum atomic E-state index is -4.60. The van der Waals surface area contributed by atoms with E-state index in [2.05, 4.69) is 19.4 Å². The summed E-state index contributed by atoms with van der Waals surface area (Å²) in [6, 6.07) is 7.11. The van der Waals surface area contributed by atoms with Gasteiger partial charge in [-0.25, -0.2) is 13.1 Å². The number of carbonyl (C=O) groups excluding carboxylic acids is 2. The third kappa shape index (κ3) is 7.55. The molecule has 0 bridgehead atoms. The van der Waals surface area contributed by atoms with Gasteiger partial charge in [0.15, 0.2) is 18.2 Å². The number of carbonyl (C=O) groups is 2. The van der Waals surface area contributed by atoms with Gasteiger partial charge in [-0.1, -0.05) is 11.9 Å². The van der Waals surface area contributed by atoms with Gasteiger partial charge < -0.3 is 20.1 Å². The van der Waals surface area contributed by atoms with Gasteiger partial charge in [-0.15, -0.1) is 0 Å². The highest BCUT2D eigenvalue weighted by Crippen LogP contribution is 2.34. The lowest BCUT2D eigenvalue weighted by molar-refractivity contribution is -0.153. The summed E-state index contributed by atoms with van der Waals surface area (Å²) < 4.78 is 71.4. The van der Waals surface area contributed by atoms with Crippen LogP contribution in [0.4, 0.5) is 22.0 Å². The summed E-state index contributed by atoms with van der Waals surface area (Å²) in [7, 11) is 0. The van der Waals surface area contributed by atoms with Crippen LogP contribution in [0, 0.1) is 19.7 Å². The number of aliphatic imine (C=N–C) groups is 1. The summed E-state index contributed by atoms with van der Waals surface area (Å²) in [5.41, 5.74) is 1.27. The summed E-state index contributed by atoms with van der Waals surface area (Å²) in [6.07, 6.45) is -1.35. The van der Waals surface area contributed by atoms with Gasteiger partial charge in [0.2, 0.25) is 0 Å². The molecule has 2 N–H and O–H groups in total. The van der Waals surface area contributed by atoms with E-state index >= 15 is 0 Å². The van der Waals surface area contributed by atoms with E-state index < -0.39 is 42.2 Å². The maximum atomic E-state index is 14.4. The highest BCUT2D eigenvalue weighted by molar-refractivity contribution is 8.00. The fourth-order valence-corrected chi connectivity index (χ4v) is 6.63. The smallest absolute Gasteiger partial charge is 0.422 e. The van der Waals surface area contributed by atoms with Crippen LogP contribution >= 0.6 is 11.9 Å². The number of rotatable bonds is 8. The van der Waals surface area contributed by atoms with Gasteiger partial charge in [0, 0.05) is 37.3 Å². The number of amidine groups is 1. The molecule has 3 aliphatic rings. The molecule has 0 unspecified atom stereocenters. The van der Waals surface area contributed by atoms with Gasteiger partial charge in [0.1, 0.15) is 18.0 Å². The fourth-order valence-electron chi connectivity index (χ4n) is 5.87. The Balaban J connectivity index is 1.16. The second-order valence-electron chi connectivity index (χ2n) is 12.0. The molecule has 2 aromatic rings. The number of hydrogen-bond donors (Lipinski definition) is 2. The number of nitrogens with one attached hydrogen (secondary N) is 1. The lowest BCUT2D eigenvalue weighted by Crippen LogP contribution is -2.47. The molecule has 0 saturated carbocycles. The van der Waals surface area contributed by atoms with Crippen LogP contribution in [0.3, 0.4) is 0 Å². The third-order valence-corrected chi connectivity index (χ3v) is 9.56. The van der Waals surface area contributed by atoms with Crippen LogP contribution in [0.1, 0.15) is 58.3 Å². The number of likely N-dealkylation sites (tertiary alicyclic amines) is 1. The number of aliphatic hydroxyl groups is 1. The van der Waals surface area contributed by atoms with Crippen LogP contribution in [0.25, 0.3) is 6.08 Å². The van der Waals surface area contributed by atoms with Crippen LogP contribution in [-0.2, 0) is 4.79 Å². The zero-order valence-electron chi connectivity index (χ0n) is 25.4. The number of halogens is 5. The van der Waals surface area contributed by atoms with Crippen molar-refractivity contribution in [3.05, 3.63) is 69.4 Å². The highest BCUT2D eigenvalue weighted by Gasteiger charge is 2.46. The van der Waals surface area contributed by atoms with E-state index in [0.717, 1.165) is 28.8 Å². The minimum absolute atomic E-state index is 0.141. The molecule has 2 aromatic carbocycles. The number of piperidine rings is 2. The molecule has 0 atom stereocenters. The normalized spacial score (nSPS) is 19.9. The Labute approximate surface area is 267 Å². The minimum Gasteiger partial charge on any atom is -0.481 e. The van der Waals surface area contributed by atoms with E-state index in [9.17, 15) is 36.6 Å². The Kier molecular flexibility index (Phi) is 9.81. The van der Waals surface area contributed by atoms with Crippen molar-refractivity contribution in [2.24, 2.45) is 4.99 Å². The molecule has 46 heavy (non-hydrogen) atoms. The molecule has 2 fully saturated rings. The van der Waals surface area contributed by atoms with Crippen molar-refractivity contribution in [2.45, 2.75) is 56.8 Å². The SMILES string of the molecule is Cc1cc(C(=O)N2CCC(O)(CF)CC2)cc(C)c1/C=C/SN1CCC2(CC1)N=C(c1ccc(OCC(F)(F)F)c(F)c1)NC2=O. The van der Waals surface area contributed by atoms with Crippen LogP contribution in [0.2, 0.25) is 0 Å². The predicted octanol–water partition coefficient (Wildman–Crippen LogP) is 5.35.